The Balaban J connectivity index is 2.00. The monoisotopic (exact) mass is 233 g/mol. The van der Waals surface area contributed by atoms with Crippen molar-refractivity contribution in [1.82, 2.24) is 5.32 Å². The van der Waals surface area contributed by atoms with E-state index in [0.29, 0.717) is 0 Å². The van der Waals surface area contributed by atoms with Gasteiger partial charge < -0.3 is 10.4 Å². The Bertz CT molecular complexity index is 416. The second-order valence-corrected chi connectivity index (χ2v) is 4.87. The largest absolute Gasteiger partial charge is 0.481 e. The van der Waals surface area contributed by atoms with Crippen LogP contribution in [0.25, 0.3) is 0 Å². The van der Waals surface area contributed by atoms with Gasteiger partial charge in [0.1, 0.15) is 0 Å². The fourth-order valence-electron chi connectivity index (χ4n) is 2.48. The summed E-state index contributed by atoms with van der Waals surface area (Å²) in [6.07, 6.45) is 1.76. The smallest absolute Gasteiger partial charge is 0.308 e. The van der Waals surface area contributed by atoms with E-state index in [0.717, 1.165) is 12.8 Å². The molecular formula is C14H19NO2. The topological polar surface area (TPSA) is 49.3 Å². The number of rotatable bonds is 4. The highest BCUT2D eigenvalue weighted by atomic mass is 16.4. The summed E-state index contributed by atoms with van der Waals surface area (Å²) in [5.74, 6) is -0.882. The van der Waals surface area contributed by atoms with E-state index in [1.165, 1.54) is 11.1 Å². The molecule has 0 heterocycles. The number of benzene rings is 1. The number of aryl methyl sites for hydroxylation is 1. The molecule has 3 heteroatoms. The van der Waals surface area contributed by atoms with Gasteiger partial charge in [0.15, 0.2) is 0 Å². The van der Waals surface area contributed by atoms with Gasteiger partial charge in [-0.25, -0.2) is 0 Å². The predicted molar refractivity (Wildman–Crippen MR) is 66.9 cm³/mol. The third-order valence-corrected chi connectivity index (χ3v) is 3.71. The van der Waals surface area contributed by atoms with E-state index < -0.39 is 5.97 Å². The Morgan fingerprint density at radius 2 is 2.12 bits per heavy atom. The Kier molecular flexibility index (Phi) is 3.48. The number of aliphatic carboxylic acids is 1. The summed E-state index contributed by atoms with van der Waals surface area (Å²) in [4.78, 5) is 10.9. The van der Waals surface area contributed by atoms with Gasteiger partial charge in [0.05, 0.1) is 5.92 Å². The van der Waals surface area contributed by atoms with Crippen LogP contribution in [0.15, 0.2) is 24.3 Å². The molecule has 2 N–H and O–H groups in total. The van der Waals surface area contributed by atoms with Gasteiger partial charge in [-0.2, -0.15) is 0 Å². The lowest BCUT2D eigenvalue weighted by atomic mass is 9.79. The van der Waals surface area contributed by atoms with E-state index in [1.807, 2.05) is 12.1 Å². The standard InChI is InChI=1S/C14H19NO2/c1-9-5-3-4-6-11(9)10(2)15-13-8-7-12(13)14(16)17/h3-6,10,12-13,15H,7-8H2,1-2H3,(H,16,17)/t10-,12?,13?/m0/s1. The van der Waals surface area contributed by atoms with E-state index in [1.54, 1.807) is 0 Å². The van der Waals surface area contributed by atoms with E-state index >= 15 is 0 Å². The molecule has 1 aliphatic carbocycles. The zero-order valence-electron chi connectivity index (χ0n) is 10.3. The van der Waals surface area contributed by atoms with E-state index in [9.17, 15) is 4.79 Å². The van der Waals surface area contributed by atoms with Crippen molar-refractivity contribution in [3.05, 3.63) is 35.4 Å². The van der Waals surface area contributed by atoms with Gasteiger partial charge in [0.25, 0.3) is 0 Å². The molecule has 0 aromatic heterocycles. The molecule has 1 aromatic rings. The molecule has 3 nitrogen and oxygen atoms in total. The number of carboxylic acids is 1. The lowest BCUT2D eigenvalue weighted by molar-refractivity contribution is -0.146. The van der Waals surface area contributed by atoms with Crippen LogP contribution in [0.1, 0.15) is 36.9 Å². The fraction of sp³-hybridized carbons (Fsp3) is 0.500. The van der Waals surface area contributed by atoms with E-state index in [-0.39, 0.29) is 18.0 Å². The lowest BCUT2D eigenvalue weighted by Gasteiger charge is -2.36. The third kappa shape index (κ3) is 2.50. The van der Waals surface area contributed by atoms with Crippen LogP contribution in [0.4, 0.5) is 0 Å². The second kappa shape index (κ2) is 4.88. The molecule has 0 radical (unpaired) electrons. The van der Waals surface area contributed by atoms with E-state index in [2.05, 4.69) is 31.3 Å². The van der Waals surface area contributed by atoms with Crippen molar-refractivity contribution in [2.75, 3.05) is 0 Å². The summed E-state index contributed by atoms with van der Waals surface area (Å²) in [5.41, 5.74) is 2.50. The maximum atomic E-state index is 10.9. The maximum Gasteiger partial charge on any atom is 0.308 e. The molecule has 1 aliphatic rings. The summed E-state index contributed by atoms with van der Waals surface area (Å²) in [6.45, 7) is 4.18. The molecule has 2 unspecified atom stereocenters. The summed E-state index contributed by atoms with van der Waals surface area (Å²) < 4.78 is 0. The number of hydrogen-bond donors (Lipinski definition) is 2. The second-order valence-electron chi connectivity index (χ2n) is 4.87. The van der Waals surface area contributed by atoms with Crippen LogP contribution in [0.2, 0.25) is 0 Å². The molecule has 0 amide bonds. The van der Waals surface area contributed by atoms with Crippen molar-refractivity contribution in [1.29, 1.82) is 0 Å². The van der Waals surface area contributed by atoms with Gasteiger partial charge in [0, 0.05) is 12.1 Å². The minimum atomic E-state index is -0.675. The molecule has 92 valence electrons. The molecule has 0 spiro atoms. The Labute approximate surface area is 102 Å². The van der Waals surface area contributed by atoms with Crippen LogP contribution in [-0.2, 0) is 4.79 Å². The van der Waals surface area contributed by atoms with Crippen molar-refractivity contribution in [3.63, 3.8) is 0 Å². The first kappa shape index (κ1) is 12.1. The average molecular weight is 233 g/mol. The number of carboxylic acid groups (broad SMARTS) is 1. The van der Waals surface area contributed by atoms with Gasteiger partial charge in [-0.05, 0) is 37.8 Å². The summed E-state index contributed by atoms with van der Waals surface area (Å²) in [7, 11) is 0. The number of hydrogen-bond acceptors (Lipinski definition) is 2. The Hall–Kier alpha value is -1.35. The summed E-state index contributed by atoms with van der Waals surface area (Å²) in [6, 6.07) is 8.57. The molecule has 1 aromatic carbocycles. The molecule has 2 rings (SSSR count). The van der Waals surface area contributed by atoms with Crippen molar-refractivity contribution in [2.24, 2.45) is 5.92 Å². The summed E-state index contributed by atoms with van der Waals surface area (Å²) >= 11 is 0. The fourth-order valence-corrected chi connectivity index (χ4v) is 2.48. The number of carbonyl (C=O) groups is 1. The Morgan fingerprint density at radius 1 is 1.41 bits per heavy atom. The Morgan fingerprint density at radius 3 is 2.65 bits per heavy atom. The third-order valence-electron chi connectivity index (χ3n) is 3.71. The van der Waals surface area contributed by atoms with Crippen molar-refractivity contribution in [3.8, 4) is 0 Å². The van der Waals surface area contributed by atoms with Gasteiger partial charge >= 0.3 is 5.97 Å². The molecule has 1 fully saturated rings. The minimum absolute atomic E-state index is 0.127. The molecule has 3 atom stereocenters. The quantitative estimate of drug-likeness (QED) is 0.840. The van der Waals surface area contributed by atoms with Crippen LogP contribution in [0, 0.1) is 12.8 Å². The zero-order chi connectivity index (χ0) is 12.4. The predicted octanol–water partition coefficient (Wildman–Crippen LogP) is 2.51. The van der Waals surface area contributed by atoms with Crippen LogP contribution in [0.5, 0.6) is 0 Å². The highest BCUT2D eigenvalue weighted by molar-refractivity contribution is 5.72. The van der Waals surface area contributed by atoms with Crippen LogP contribution >= 0.6 is 0 Å². The van der Waals surface area contributed by atoms with Gasteiger partial charge in [0.2, 0.25) is 0 Å². The van der Waals surface area contributed by atoms with Crippen molar-refractivity contribution < 1.29 is 9.90 Å². The maximum absolute atomic E-state index is 10.9. The van der Waals surface area contributed by atoms with Gasteiger partial charge in [-0.1, -0.05) is 24.3 Å². The van der Waals surface area contributed by atoms with Crippen LogP contribution in [0.3, 0.4) is 0 Å². The van der Waals surface area contributed by atoms with Gasteiger partial charge in [-0.15, -0.1) is 0 Å². The van der Waals surface area contributed by atoms with Crippen LogP contribution in [-0.4, -0.2) is 17.1 Å². The molecule has 0 saturated heterocycles. The lowest BCUT2D eigenvalue weighted by Crippen LogP contribution is -2.48. The minimum Gasteiger partial charge on any atom is -0.481 e. The highest BCUT2D eigenvalue weighted by Gasteiger charge is 2.37. The molecule has 1 saturated carbocycles. The normalized spacial score (nSPS) is 25.1. The SMILES string of the molecule is Cc1ccccc1[C@H](C)NC1CCC1C(=O)O. The summed E-state index contributed by atoms with van der Waals surface area (Å²) in [5, 5.41) is 12.4. The zero-order valence-corrected chi connectivity index (χ0v) is 10.3. The first-order valence-electron chi connectivity index (χ1n) is 6.14. The average Bonchev–Trinajstić information content (AvgIpc) is 2.24. The van der Waals surface area contributed by atoms with Gasteiger partial charge in [-0.3, -0.25) is 4.79 Å². The number of nitrogens with one attached hydrogen (secondary N) is 1. The highest BCUT2D eigenvalue weighted by Crippen LogP contribution is 2.30. The first-order chi connectivity index (χ1) is 8.09. The molecule has 17 heavy (non-hydrogen) atoms. The molecule has 0 bridgehead atoms. The first-order valence-corrected chi connectivity index (χ1v) is 6.14. The van der Waals surface area contributed by atoms with Crippen LogP contribution < -0.4 is 5.32 Å². The van der Waals surface area contributed by atoms with E-state index in [4.69, 9.17) is 5.11 Å². The van der Waals surface area contributed by atoms with Crippen molar-refractivity contribution >= 4 is 5.97 Å². The van der Waals surface area contributed by atoms with Crippen molar-refractivity contribution in [2.45, 2.75) is 38.8 Å². The molecule has 0 aliphatic heterocycles. The molecular weight excluding hydrogens is 214 g/mol.